The number of amides is 3. The average molecular weight is 390 g/mol. The smallest absolute Gasteiger partial charge is 0.321 e. The van der Waals surface area contributed by atoms with Crippen LogP contribution in [0, 0.1) is 0 Å². The van der Waals surface area contributed by atoms with E-state index in [0.717, 1.165) is 21.7 Å². The molecule has 7 nitrogen and oxygen atoms in total. The summed E-state index contributed by atoms with van der Waals surface area (Å²) >= 11 is 2.78. The Hall–Kier alpha value is -2.52. The van der Waals surface area contributed by atoms with Crippen molar-refractivity contribution in [3.63, 3.8) is 0 Å². The molecule has 0 radical (unpaired) electrons. The monoisotopic (exact) mass is 390 g/mol. The van der Waals surface area contributed by atoms with Crippen molar-refractivity contribution in [1.29, 1.82) is 0 Å². The van der Waals surface area contributed by atoms with Gasteiger partial charge in [0, 0.05) is 10.9 Å². The number of hydrogen-bond donors (Lipinski definition) is 3. The number of imidazole rings is 1. The van der Waals surface area contributed by atoms with E-state index in [0.29, 0.717) is 18.3 Å². The SMILES string of the molecule is CCOc1ccc2nc(SCC(=O)NC(=O)NCc3cccs3)[nH]c2c1. The summed E-state index contributed by atoms with van der Waals surface area (Å²) in [6.07, 6.45) is 0. The van der Waals surface area contributed by atoms with E-state index >= 15 is 0 Å². The molecule has 26 heavy (non-hydrogen) atoms. The minimum absolute atomic E-state index is 0.0879. The van der Waals surface area contributed by atoms with Crippen LogP contribution >= 0.6 is 23.1 Å². The van der Waals surface area contributed by atoms with Gasteiger partial charge in [-0.15, -0.1) is 11.3 Å². The van der Waals surface area contributed by atoms with Gasteiger partial charge in [0.25, 0.3) is 0 Å². The highest BCUT2D eigenvalue weighted by atomic mass is 32.2. The van der Waals surface area contributed by atoms with Gasteiger partial charge in [-0.2, -0.15) is 0 Å². The van der Waals surface area contributed by atoms with Gasteiger partial charge in [0.1, 0.15) is 5.75 Å². The van der Waals surface area contributed by atoms with Crippen LogP contribution < -0.4 is 15.4 Å². The zero-order chi connectivity index (χ0) is 18.4. The first-order valence-corrected chi connectivity index (χ1v) is 9.86. The first-order chi connectivity index (χ1) is 12.6. The summed E-state index contributed by atoms with van der Waals surface area (Å²) in [7, 11) is 0. The van der Waals surface area contributed by atoms with Gasteiger partial charge in [-0.05, 0) is 30.5 Å². The lowest BCUT2D eigenvalue weighted by molar-refractivity contribution is -0.117. The molecule has 1 aromatic carbocycles. The third kappa shape index (κ3) is 4.99. The molecule has 3 N–H and O–H groups in total. The standard InChI is InChI=1S/C17H18N4O3S2/c1-2-24-11-5-6-13-14(8-11)20-17(19-13)26-10-15(22)21-16(23)18-9-12-4-3-7-25-12/h3-8H,2,9-10H2,1H3,(H,19,20)(H2,18,21,22,23). The van der Waals surface area contributed by atoms with Crippen LogP contribution in [0.4, 0.5) is 4.79 Å². The maximum Gasteiger partial charge on any atom is 0.321 e. The van der Waals surface area contributed by atoms with E-state index in [9.17, 15) is 9.59 Å². The number of imide groups is 1. The number of carbonyl (C=O) groups is 2. The maximum absolute atomic E-state index is 11.9. The number of thioether (sulfide) groups is 1. The van der Waals surface area contributed by atoms with Gasteiger partial charge < -0.3 is 15.0 Å². The van der Waals surface area contributed by atoms with Crippen LogP contribution in [0.1, 0.15) is 11.8 Å². The molecule has 2 aromatic heterocycles. The Balaban J connectivity index is 1.47. The van der Waals surface area contributed by atoms with Gasteiger partial charge in [0.15, 0.2) is 5.16 Å². The highest BCUT2D eigenvalue weighted by Gasteiger charge is 2.11. The molecule has 2 heterocycles. The van der Waals surface area contributed by atoms with Gasteiger partial charge in [0.05, 0.1) is 29.9 Å². The van der Waals surface area contributed by atoms with Gasteiger partial charge in [-0.3, -0.25) is 10.1 Å². The van der Waals surface area contributed by atoms with Gasteiger partial charge in [-0.25, -0.2) is 9.78 Å². The quantitative estimate of drug-likeness (QED) is 0.539. The maximum atomic E-state index is 11.9. The van der Waals surface area contributed by atoms with Crippen molar-refractivity contribution in [2.75, 3.05) is 12.4 Å². The molecule has 0 spiro atoms. The number of rotatable bonds is 7. The third-order valence-corrected chi connectivity index (χ3v) is 5.09. The second-order valence-corrected chi connectivity index (χ2v) is 7.25. The van der Waals surface area contributed by atoms with E-state index in [2.05, 4.69) is 20.6 Å². The van der Waals surface area contributed by atoms with E-state index < -0.39 is 6.03 Å². The summed E-state index contributed by atoms with van der Waals surface area (Å²) in [6, 6.07) is 8.90. The van der Waals surface area contributed by atoms with E-state index in [4.69, 9.17) is 4.74 Å². The largest absolute Gasteiger partial charge is 0.494 e. The van der Waals surface area contributed by atoms with Crippen molar-refractivity contribution in [2.45, 2.75) is 18.6 Å². The second kappa shape index (κ2) is 8.72. The lowest BCUT2D eigenvalue weighted by Gasteiger charge is -2.04. The number of H-pyrrole nitrogens is 1. The van der Waals surface area contributed by atoms with Gasteiger partial charge >= 0.3 is 6.03 Å². The summed E-state index contributed by atoms with van der Waals surface area (Å²) in [6.45, 7) is 2.92. The van der Waals surface area contributed by atoms with Crippen LogP contribution in [0.15, 0.2) is 40.9 Å². The Morgan fingerprint density at radius 3 is 3.00 bits per heavy atom. The molecule has 0 aliphatic heterocycles. The molecule has 0 fully saturated rings. The Bertz CT molecular complexity index is 893. The molecule has 0 saturated carbocycles. The number of thiophene rings is 1. The fourth-order valence-electron chi connectivity index (χ4n) is 2.21. The van der Waals surface area contributed by atoms with Crippen LogP contribution in [0.2, 0.25) is 0 Å². The van der Waals surface area contributed by atoms with Crippen LogP contribution in [-0.2, 0) is 11.3 Å². The number of urea groups is 1. The van der Waals surface area contributed by atoms with Crippen LogP contribution in [0.5, 0.6) is 5.75 Å². The minimum Gasteiger partial charge on any atom is -0.494 e. The predicted octanol–water partition coefficient (Wildman–Crippen LogP) is 3.14. The van der Waals surface area contributed by atoms with Crippen molar-refractivity contribution in [2.24, 2.45) is 0 Å². The number of hydrogen-bond acceptors (Lipinski definition) is 6. The number of benzene rings is 1. The van der Waals surface area contributed by atoms with Crippen molar-refractivity contribution in [3.8, 4) is 5.75 Å². The molecule has 0 atom stereocenters. The fraction of sp³-hybridized carbons (Fsp3) is 0.235. The molecule has 3 rings (SSSR count). The van der Waals surface area contributed by atoms with Gasteiger partial charge in [0.2, 0.25) is 5.91 Å². The van der Waals surface area contributed by atoms with Crippen molar-refractivity contribution in [1.82, 2.24) is 20.6 Å². The number of ether oxygens (including phenoxy) is 1. The molecule has 0 saturated heterocycles. The Kier molecular flexibility index (Phi) is 6.13. The Morgan fingerprint density at radius 2 is 2.23 bits per heavy atom. The first-order valence-electron chi connectivity index (χ1n) is 7.99. The molecule has 3 aromatic rings. The molecule has 0 unspecified atom stereocenters. The van der Waals surface area contributed by atoms with Crippen LogP contribution in [-0.4, -0.2) is 34.3 Å². The number of aromatic nitrogens is 2. The molecule has 0 aliphatic carbocycles. The highest BCUT2D eigenvalue weighted by molar-refractivity contribution is 7.99. The molecular weight excluding hydrogens is 372 g/mol. The van der Waals surface area contributed by atoms with Crippen LogP contribution in [0.25, 0.3) is 11.0 Å². The van der Waals surface area contributed by atoms with E-state index in [1.807, 2.05) is 42.6 Å². The zero-order valence-corrected chi connectivity index (χ0v) is 15.7. The molecule has 3 amide bonds. The average Bonchev–Trinajstić information content (AvgIpc) is 3.27. The van der Waals surface area contributed by atoms with Crippen molar-refractivity contribution in [3.05, 3.63) is 40.6 Å². The van der Waals surface area contributed by atoms with Gasteiger partial charge in [-0.1, -0.05) is 17.8 Å². The fourth-order valence-corrected chi connectivity index (χ4v) is 3.54. The highest BCUT2D eigenvalue weighted by Crippen LogP contribution is 2.23. The lowest BCUT2D eigenvalue weighted by Crippen LogP contribution is -2.39. The molecule has 136 valence electrons. The number of nitrogens with one attached hydrogen (secondary N) is 3. The van der Waals surface area contributed by atoms with Crippen LogP contribution in [0.3, 0.4) is 0 Å². The number of carbonyl (C=O) groups excluding carboxylic acids is 2. The Morgan fingerprint density at radius 1 is 1.35 bits per heavy atom. The van der Waals surface area contributed by atoms with E-state index in [1.54, 1.807) is 11.3 Å². The topological polar surface area (TPSA) is 96.1 Å². The minimum atomic E-state index is -0.505. The summed E-state index contributed by atoms with van der Waals surface area (Å²) < 4.78 is 5.45. The summed E-state index contributed by atoms with van der Waals surface area (Å²) in [5, 5.41) is 7.50. The Labute approximate surface area is 158 Å². The summed E-state index contributed by atoms with van der Waals surface area (Å²) in [5.41, 5.74) is 1.64. The van der Waals surface area contributed by atoms with Crippen molar-refractivity contribution >= 4 is 46.1 Å². The van der Waals surface area contributed by atoms with E-state index in [1.165, 1.54) is 11.8 Å². The molecule has 0 aliphatic rings. The summed E-state index contributed by atoms with van der Waals surface area (Å²) in [4.78, 5) is 32.2. The third-order valence-electron chi connectivity index (χ3n) is 3.34. The summed E-state index contributed by atoms with van der Waals surface area (Å²) in [5.74, 6) is 0.472. The van der Waals surface area contributed by atoms with E-state index in [-0.39, 0.29) is 11.7 Å². The lowest BCUT2D eigenvalue weighted by atomic mass is 10.3. The second-order valence-electron chi connectivity index (χ2n) is 5.25. The zero-order valence-electron chi connectivity index (χ0n) is 14.1. The molecule has 0 bridgehead atoms. The first kappa shape index (κ1) is 18.3. The number of nitrogens with zero attached hydrogens (tertiary/aromatic N) is 1. The predicted molar refractivity (Wildman–Crippen MR) is 103 cm³/mol. The molecular formula is C17H18N4O3S2. The number of aromatic amines is 1. The normalized spacial score (nSPS) is 10.7. The number of fused-ring (bicyclic) bond motifs is 1. The van der Waals surface area contributed by atoms with Crippen molar-refractivity contribution < 1.29 is 14.3 Å². The molecule has 9 heteroatoms.